The lowest BCUT2D eigenvalue weighted by Gasteiger charge is -2.29. The molecule has 0 aromatic heterocycles. The summed E-state index contributed by atoms with van der Waals surface area (Å²) in [6.45, 7) is 5.00. The first kappa shape index (κ1) is 23.5. The Kier molecular flexibility index (Phi) is 7.21. The summed E-state index contributed by atoms with van der Waals surface area (Å²) in [4.78, 5) is 15.0. The maximum Gasteiger partial charge on any atom is 0.246 e. The summed E-state index contributed by atoms with van der Waals surface area (Å²) in [5, 5.41) is 0. The molecule has 2 aliphatic rings. The third-order valence-corrected chi connectivity index (χ3v) is 7.94. The van der Waals surface area contributed by atoms with Crippen LogP contribution in [0.1, 0.15) is 23.6 Å². The van der Waals surface area contributed by atoms with Crippen LogP contribution in [0.2, 0.25) is 0 Å². The molecule has 0 atom stereocenters. The van der Waals surface area contributed by atoms with Crippen LogP contribution in [0, 0.1) is 0 Å². The second kappa shape index (κ2) is 10.1. The number of carbonyl (C=O) groups is 1. The molecular formula is C24H30N2O6S. The number of rotatable bonds is 7. The number of morpholine rings is 1. The average Bonchev–Trinajstić information content (AvgIpc) is 2.84. The Balaban J connectivity index is 1.51. The monoisotopic (exact) mass is 474 g/mol. The maximum atomic E-state index is 13.2. The van der Waals surface area contributed by atoms with E-state index in [-0.39, 0.29) is 23.0 Å². The highest BCUT2D eigenvalue weighted by molar-refractivity contribution is 7.89. The molecule has 8 nitrogen and oxygen atoms in total. The number of sulfonamides is 1. The number of methoxy groups -OCH3 is 1. The molecule has 0 saturated carbocycles. The number of ether oxygens (including phenoxy) is 3. The van der Waals surface area contributed by atoms with Gasteiger partial charge < -0.3 is 19.1 Å². The van der Waals surface area contributed by atoms with Gasteiger partial charge >= 0.3 is 0 Å². The molecule has 178 valence electrons. The molecule has 2 aromatic carbocycles. The van der Waals surface area contributed by atoms with Crippen molar-refractivity contribution in [3.63, 3.8) is 0 Å². The van der Waals surface area contributed by atoms with Gasteiger partial charge in [-0.25, -0.2) is 8.42 Å². The zero-order valence-corrected chi connectivity index (χ0v) is 19.9. The van der Waals surface area contributed by atoms with Crippen molar-refractivity contribution >= 4 is 15.9 Å². The Bertz CT molecular complexity index is 1110. The van der Waals surface area contributed by atoms with Crippen LogP contribution in [0.25, 0.3) is 0 Å². The van der Waals surface area contributed by atoms with E-state index in [1.165, 1.54) is 17.0 Å². The van der Waals surface area contributed by atoms with Gasteiger partial charge in [-0.15, -0.1) is 0 Å². The summed E-state index contributed by atoms with van der Waals surface area (Å²) in [6.07, 6.45) is 0.906. The Hall–Kier alpha value is -2.62. The zero-order valence-electron chi connectivity index (χ0n) is 19.1. The molecule has 0 unspecified atom stereocenters. The Morgan fingerprint density at radius 1 is 1.06 bits per heavy atom. The smallest absolute Gasteiger partial charge is 0.246 e. The standard InChI is InChI=1S/C24H30N2O6S/c1-3-32-21-6-5-19-8-9-25(17-20(19)16-21)24(27)15-18-4-7-22(30-2)23(14-18)33(28,29)26-10-12-31-13-11-26/h4-7,14,16H,3,8-13,15,17H2,1-2H3. The molecule has 4 rings (SSSR count). The van der Waals surface area contributed by atoms with Crippen LogP contribution in [0.5, 0.6) is 11.5 Å². The number of benzene rings is 2. The van der Waals surface area contributed by atoms with Crippen molar-refractivity contribution in [1.29, 1.82) is 0 Å². The highest BCUT2D eigenvalue weighted by atomic mass is 32.2. The average molecular weight is 475 g/mol. The number of hydrogen-bond donors (Lipinski definition) is 0. The molecule has 2 aromatic rings. The van der Waals surface area contributed by atoms with Gasteiger partial charge in [-0.05, 0) is 54.3 Å². The third-order valence-electron chi connectivity index (χ3n) is 6.02. The summed E-state index contributed by atoms with van der Waals surface area (Å²) in [6, 6.07) is 11.0. The van der Waals surface area contributed by atoms with Gasteiger partial charge in [-0.1, -0.05) is 12.1 Å². The first-order chi connectivity index (χ1) is 15.9. The van der Waals surface area contributed by atoms with E-state index in [0.29, 0.717) is 51.6 Å². The first-order valence-electron chi connectivity index (χ1n) is 11.2. The second-order valence-electron chi connectivity index (χ2n) is 8.11. The molecule has 0 aliphatic carbocycles. The van der Waals surface area contributed by atoms with Crippen molar-refractivity contribution in [3.05, 3.63) is 53.1 Å². The minimum Gasteiger partial charge on any atom is -0.495 e. The van der Waals surface area contributed by atoms with Gasteiger partial charge in [0.15, 0.2) is 0 Å². The molecule has 0 radical (unpaired) electrons. The van der Waals surface area contributed by atoms with E-state index in [4.69, 9.17) is 14.2 Å². The first-order valence-corrected chi connectivity index (χ1v) is 12.6. The second-order valence-corrected chi connectivity index (χ2v) is 10.0. The van der Waals surface area contributed by atoms with Crippen LogP contribution in [-0.4, -0.2) is 70.1 Å². The lowest BCUT2D eigenvalue weighted by atomic mass is 9.99. The van der Waals surface area contributed by atoms with E-state index in [9.17, 15) is 13.2 Å². The minimum atomic E-state index is -3.75. The lowest BCUT2D eigenvalue weighted by molar-refractivity contribution is -0.131. The molecule has 2 heterocycles. The molecule has 0 bridgehead atoms. The van der Waals surface area contributed by atoms with Gasteiger partial charge in [0, 0.05) is 26.2 Å². The van der Waals surface area contributed by atoms with Crippen molar-refractivity contribution < 1.29 is 27.4 Å². The fourth-order valence-corrected chi connectivity index (χ4v) is 5.86. The topological polar surface area (TPSA) is 85.4 Å². The quantitative estimate of drug-likeness (QED) is 0.612. The molecule has 0 spiro atoms. The number of fused-ring (bicyclic) bond motifs is 1. The Morgan fingerprint density at radius 3 is 2.58 bits per heavy atom. The Labute approximate surface area is 195 Å². The predicted molar refractivity (Wildman–Crippen MR) is 123 cm³/mol. The summed E-state index contributed by atoms with van der Waals surface area (Å²) >= 11 is 0. The van der Waals surface area contributed by atoms with Gasteiger partial charge in [0.2, 0.25) is 15.9 Å². The van der Waals surface area contributed by atoms with Gasteiger partial charge in [0.25, 0.3) is 0 Å². The van der Waals surface area contributed by atoms with E-state index in [0.717, 1.165) is 17.7 Å². The summed E-state index contributed by atoms with van der Waals surface area (Å²) in [7, 11) is -2.30. The van der Waals surface area contributed by atoms with Crippen LogP contribution >= 0.6 is 0 Å². The number of amides is 1. The van der Waals surface area contributed by atoms with Crippen LogP contribution in [0.15, 0.2) is 41.3 Å². The number of nitrogens with zero attached hydrogens (tertiary/aromatic N) is 2. The van der Waals surface area contributed by atoms with Crippen molar-refractivity contribution in [2.45, 2.75) is 31.2 Å². The molecule has 1 amide bonds. The van der Waals surface area contributed by atoms with Crippen molar-refractivity contribution in [1.82, 2.24) is 9.21 Å². The normalized spacial score (nSPS) is 16.8. The molecular weight excluding hydrogens is 444 g/mol. The summed E-state index contributed by atoms with van der Waals surface area (Å²) in [5.74, 6) is 1.04. The zero-order chi connectivity index (χ0) is 23.4. The number of carbonyl (C=O) groups excluding carboxylic acids is 1. The SMILES string of the molecule is CCOc1ccc2c(c1)CN(C(=O)Cc1ccc(OC)c(S(=O)(=O)N3CCOCC3)c1)CC2. The molecule has 1 fully saturated rings. The van der Waals surface area contributed by atoms with Gasteiger partial charge in [0.1, 0.15) is 16.4 Å². The molecule has 33 heavy (non-hydrogen) atoms. The highest BCUT2D eigenvalue weighted by Gasteiger charge is 2.30. The third kappa shape index (κ3) is 5.15. The maximum absolute atomic E-state index is 13.2. The fraction of sp³-hybridized carbons (Fsp3) is 0.458. The summed E-state index contributed by atoms with van der Waals surface area (Å²) in [5.41, 5.74) is 2.96. The van der Waals surface area contributed by atoms with Crippen molar-refractivity contribution in [2.75, 3.05) is 46.6 Å². The highest BCUT2D eigenvalue weighted by Crippen LogP contribution is 2.29. The number of hydrogen-bond acceptors (Lipinski definition) is 6. The largest absolute Gasteiger partial charge is 0.495 e. The fourth-order valence-electron chi connectivity index (χ4n) is 4.25. The van der Waals surface area contributed by atoms with Crippen molar-refractivity contribution in [3.8, 4) is 11.5 Å². The van der Waals surface area contributed by atoms with Crippen LogP contribution in [0.3, 0.4) is 0 Å². The minimum absolute atomic E-state index is 0.0395. The molecule has 9 heteroatoms. The lowest BCUT2D eigenvalue weighted by Crippen LogP contribution is -2.40. The van der Waals surface area contributed by atoms with E-state index in [1.807, 2.05) is 24.0 Å². The molecule has 0 N–H and O–H groups in total. The molecule has 1 saturated heterocycles. The van der Waals surface area contributed by atoms with Gasteiger partial charge in [0.05, 0.1) is 33.4 Å². The Morgan fingerprint density at radius 2 is 1.85 bits per heavy atom. The molecule has 2 aliphatic heterocycles. The van der Waals surface area contributed by atoms with E-state index in [1.54, 1.807) is 18.2 Å². The van der Waals surface area contributed by atoms with E-state index < -0.39 is 10.0 Å². The van der Waals surface area contributed by atoms with Crippen LogP contribution in [0.4, 0.5) is 0 Å². The van der Waals surface area contributed by atoms with E-state index >= 15 is 0 Å². The van der Waals surface area contributed by atoms with Crippen molar-refractivity contribution in [2.24, 2.45) is 0 Å². The summed E-state index contributed by atoms with van der Waals surface area (Å²) < 4.78 is 44.0. The van der Waals surface area contributed by atoms with Crippen LogP contribution < -0.4 is 9.47 Å². The van der Waals surface area contributed by atoms with Crippen LogP contribution in [-0.2, 0) is 38.9 Å². The van der Waals surface area contributed by atoms with E-state index in [2.05, 4.69) is 6.07 Å². The predicted octanol–water partition coefficient (Wildman–Crippen LogP) is 2.24. The van der Waals surface area contributed by atoms with Gasteiger partial charge in [-0.2, -0.15) is 4.31 Å². The van der Waals surface area contributed by atoms with Gasteiger partial charge in [-0.3, -0.25) is 4.79 Å².